The average molecular weight is 1260 g/mol. The molecule has 0 saturated carbocycles. The van der Waals surface area contributed by atoms with E-state index in [0.717, 1.165) is 43.2 Å². The highest BCUT2D eigenvalue weighted by atomic mass is 16.5. The van der Waals surface area contributed by atoms with Crippen molar-refractivity contribution < 1.29 is 57.3 Å². The third-order valence-corrected chi connectivity index (χ3v) is 17.6. The molecule has 0 spiro atoms. The number of fused-ring (bicyclic) bond motifs is 4. The Kier molecular flexibility index (Phi) is 16.3. The predicted octanol–water partition coefficient (Wildman–Crippen LogP) is 16.5. The third kappa shape index (κ3) is 11.7. The summed E-state index contributed by atoms with van der Waals surface area (Å²) in [7, 11) is 2.93. The van der Waals surface area contributed by atoms with Gasteiger partial charge in [-0.2, -0.15) is 0 Å². The van der Waals surface area contributed by atoms with Gasteiger partial charge in [0, 0.05) is 24.9 Å². The largest absolute Gasteiger partial charge is 0.457 e. The van der Waals surface area contributed by atoms with Gasteiger partial charge in [-0.25, -0.2) is 9.80 Å². The van der Waals surface area contributed by atoms with E-state index >= 15 is 0 Å². The van der Waals surface area contributed by atoms with Gasteiger partial charge in [0.15, 0.2) is 0 Å². The Morgan fingerprint density at radius 3 is 0.842 bits per heavy atom. The highest BCUT2D eigenvalue weighted by Crippen LogP contribution is 2.40. The van der Waals surface area contributed by atoms with Crippen LogP contribution in [0.5, 0.6) is 46.0 Å². The first-order valence-electron chi connectivity index (χ1n) is 30.3. The van der Waals surface area contributed by atoms with Crippen LogP contribution in [-0.4, -0.2) is 71.2 Å². The number of nitrogens with zero attached hydrogens (tertiary/aromatic N) is 4. The van der Waals surface area contributed by atoms with Crippen LogP contribution in [0.1, 0.15) is 151 Å². The van der Waals surface area contributed by atoms with Gasteiger partial charge in [0.05, 0.1) is 55.9 Å². The van der Waals surface area contributed by atoms with Gasteiger partial charge in [0.25, 0.3) is 47.3 Å². The maximum atomic E-state index is 13.2. The summed E-state index contributed by atoms with van der Waals surface area (Å²) in [5.74, 6) is 1.53. The molecule has 0 fully saturated rings. The Labute approximate surface area is 549 Å². The lowest BCUT2D eigenvalue weighted by Gasteiger charge is -2.26. The van der Waals surface area contributed by atoms with Crippen molar-refractivity contribution in [2.75, 3.05) is 23.9 Å². The molecule has 95 heavy (non-hydrogen) atoms. The van der Waals surface area contributed by atoms with E-state index in [-0.39, 0.29) is 65.5 Å². The molecule has 16 nitrogen and oxygen atoms in total. The number of carbonyl (C=O) groups excluding carboxylic acids is 8. The summed E-state index contributed by atoms with van der Waals surface area (Å²) >= 11 is 0. The van der Waals surface area contributed by atoms with Crippen molar-refractivity contribution in [3.05, 3.63) is 296 Å². The van der Waals surface area contributed by atoms with Crippen LogP contribution in [0.4, 0.5) is 11.4 Å². The Morgan fingerprint density at radius 1 is 0.263 bits per heavy atom. The topological polar surface area (TPSA) is 186 Å². The minimum absolute atomic E-state index is 0. The number of ether oxygens (including phenoxy) is 4. The van der Waals surface area contributed by atoms with E-state index < -0.39 is 0 Å². The molecule has 16 heteroatoms. The minimum atomic E-state index is -0.375. The Hall–Kier alpha value is -12.0. The van der Waals surface area contributed by atoms with Gasteiger partial charge in [0.1, 0.15) is 46.0 Å². The first kappa shape index (κ1) is 63.1. The van der Waals surface area contributed by atoms with Crippen molar-refractivity contribution in [3.8, 4) is 46.0 Å². The SMILES string of the molecule is C.Cc1ccc(N2C(=O)c3ccc(Oc4ccc(C(C)(C)c5ccc(Oc6ccc7c(c6)C(=O)N(C)C7=O)cc5)cc4)cc3C2=O)cc1.Cc1cccc(N2C(=O)c3ccc(Oc4ccc(C(C)(C)c5ccc(Oc6ccc7c(c6)C(=O)N(C)C7=O)cc5)cc4)cc3C2=O)c1. The summed E-state index contributed by atoms with van der Waals surface area (Å²) < 4.78 is 24.2. The molecule has 4 aliphatic heterocycles. The van der Waals surface area contributed by atoms with E-state index in [9.17, 15) is 38.4 Å². The summed E-state index contributed by atoms with van der Waals surface area (Å²) in [6.45, 7) is 12.4. The number of aryl methyl sites for hydroxylation is 2. The first-order chi connectivity index (χ1) is 45.0. The number of amides is 8. The summed E-state index contributed by atoms with van der Waals surface area (Å²) in [5.41, 5.74) is 9.40. The van der Waals surface area contributed by atoms with Gasteiger partial charge in [-0.05, 0) is 187 Å². The lowest BCUT2D eigenvalue weighted by molar-refractivity contribution is 0.0677. The van der Waals surface area contributed by atoms with E-state index in [1.165, 1.54) is 23.9 Å². The molecule has 0 radical (unpaired) electrons. The first-order valence-corrected chi connectivity index (χ1v) is 30.3. The van der Waals surface area contributed by atoms with Gasteiger partial charge in [-0.1, -0.05) is 113 Å². The molecule has 472 valence electrons. The number of hydrogen-bond donors (Lipinski definition) is 0. The zero-order chi connectivity index (χ0) is 66.1. The molecule has 0 N–H and O–H groups in total. The van der Waals surface area contributed by atoms with Crippen molar-refractivity contribution in [1.82, 2.24) is 9.80 Å². The van der Waals surface area contributed by atoms with Gasteiger partial charge in [-0.15, -0.1) is 0 Å². The molecule has 8 amide bonds. The summed E-state index contributed by atoms with van der Waals surface area (Å²) in [5, 5.41) is 0. The number of imide groups is 4. The normalized spacial score (nSPS) is 13.9. The Morgan fingerprint density at radius 2 is 0.526 bits per heavy atom. The molecule has 0 aromatic heterocycles. The molecular weight excluding hydrogens is 1200 g/mol. The van der Waals surface area contributed by atoms with E-state index in [2.05, 4.69) is 27.7 Å². The van der Waals surface area contributed by atoms with Crippen molar-refractivity contribution in [2.24, 2.45) is 0 Å². The third-order valence-electron chi connectivity index (χ3n) is 17.6. The lowest BCUT2D eigenvalue weighted by Crippen LogP contribution is -2.29. The molecular formula is C79H64N4O12. The van der Waals surface area contributed by atoms with Crippen LogP contribution in [0.3, 0.4) is 0 Å². The van der Waals surface area contributed by atoms with Gasteiger partial charge in [0.2, 0.25) is 0 Å². The molecule has 4 aliphatic rings. The quantitative estimate of drug-likeness (QED) is 0.0939. The fourth-order valence-corrected chi connectivity index (χ4v) is 11.9. The van der Waals surface area contributed by atoms with Crippen molar-refractivity contribution in [2.45, 2.75) is 59.8 Å². The molecule has 14 rings (SSSR count). The number of rotatable bonds is 14. The van der Waals surface area contributed by atoms with Crippen LogP contribution in [-0.2, 0) is 10.8 Å². The van der Waals surface area contributed by atoms with Crippen molar-refractivity contribution in [1.29, 1.82) is 0 Å². The van der Waals surface area contributed by atoms with Crippen LogP contribution in [0.15, 0.2) is 218 Å². The summed E-state index contributed by atoms with van der Waals surface area (Å²) in [6.07, 6.45) is 0. The molecule has 10 aromatic carbocycles. The smallest absolute Gasteiger partial charge is 0.266 e. The lowest BCUT2D eigenvalue weighted by atomic mass is 9.78. The highest BCUT2D eigenvalue weighted by molar-refractivity contribution is 6.35. The summed E-state index contributed by atoms with van der Waals surface area (Å²) in [6, 6.07) is 65.3. The molecule has 0 saturated heterocycles. The Balaban J connectivity index is 0.000000180. The second-order valence-corrected chi connectivity index (χ2v) is 24.5. The molecule has 0 aliphatic carbocycles. The Bertz CT molecular complexity index is 4820. The zero-order valence-electron chi connectivity index (χ0n) is 52.5. The standard InChI is InChI=1S/2C39H30N2O6.CH4/c1-23-5-11-26(12-6-23)41-37(44)32-20-18-30(22-34(32)38(41)45)47-28-15-9-25(10-16-28)39(2,3)24-7-13-27(14-8-24)46-29-17-19-31-33(21-29)36(43)40(4)35(31)42;1-23-6-5-7-26(20-23)41-37(44)32-19-17-30(22-34(32)38(41)45)47-28-14-10-25(11-15-28)39(2,3)24-8-12-27(13-9-24)46-29-16-18-31-33(21-29)36(43)40(4)35(31)42;/h2*5-22H,1-4H3;1H4. The molecule has 4 heterocycles. The number of anilines is 2. The van der Waals surface area contributed by atoms with Crippen LogP contribution in [0.2, 0.25) is 0 Å². The molecule has 0 atom stereocenters. The van der Waals surface area contributed by atoms with Crippen LogP contribution in [0.25, 0.3) is 0 Å². The maximum absolute atomic E-state index is 13.2. The van der Waals surface area contributed by atoms with Crippen molar-refractivity contribution in [3.63, 3.8) is 0 Å². The van der Waals surface area contributed by atoms with E-state index in [1.54, 1.807) is 91.0 Å². The fourth-order valence-electron chi connectivity index (χ4n) is 11.9. The number of benzene rings is 10. The van der Waals surface area contributed by atoms with E-state index in [0.29, 0.717) is 102 Å². The van der Waals surface area contributed by atoms with Gasteiger partial charge in [-0.3, -0.25) is 48.2 Å². The average Bonchev–Trinajstić information content (AvgIpc) is 1.66. The summed E-state index contributed by atoms with van der Waals surface area (Å²) in [4.78, 5) is 106. The zero-order valence-corrected chi connectivity index (χ0v) is 52.5. The van der Waals surface area contributed by atoms with Crippen molar-refractivity contribution >= 4 is 58.6 Å². The number of hydrogen-bond acceptors (Lipinski definition) is 12. The van der Waals surface area contributed by atoms with Crippen LogP contribution < -0.4 is 28.7 Å². The van der Waals surface area contributed by atoms with Crippen LogP contribution in [0, 0.1) is 13.8 Å². The number of carbonyl (C=O) groups is 8. The highest BCUT2D eigenvalue weighted by Gasteiger charge is 2.40. The molecule has 0 bridgehead atoms. The minimum Gasteiger partial charge on any atom is -0.457 e. The maximum Gasteiger partial charge on any atom is 0.266 e. The molecule has 10 aromatic rings. The van der Waals surface area contributed by atoms with Gasteiger partial charge >= 0.3 is 0 Å². The van der Waals surface area contributed by atoms with E-state index in [4.69, 9.17) is 18.9 Å². The predicted molar refractivity (Wildman–Crippen MR) is 360 cm³/mol. The molecule has 0 unspecified atom stereocenters. The second-order valence-electron chi connectivity index (χ2n) is 24.5. The van der Waals surface area contributed by atoms with Crippen LogP contribution >= 0.6 is 0 Å². The fraction of sp³-hybridized carbons (Fsp3) is 0.139. The monoisotopic (exact) mass is 1260 g/mol. The second kappa shape index (κ2) is 24.5. The van der Waals surface area contributed by atoms with E-state index in [1.807, 2.05) is 141 Å². The van der Waals surface area contributed by atoms with Gasteiger partial charge < -0.3 is 18.9 Å².